The average Bonchev–Trinajstić information content (AvgIpc) is 2.74. The Labute approximate surface area is 192 Å². The zero-order valence-electron chi connectivity index (χ0n) is 15.7. The van der Waals surface area contributed by atoms with Crippen molar-refractivity contribution < 1.29 is 0 Å². The fourth-order valence-electron chi connectivity index (χ4n) is 13.4. The largest absolute Gasteiger partial charge is 0.291 e. The van der Waals surface area contributed by atoms with Gasteiger partial charge in [-0.3, -0.25) is 9.98 Å². The molecule has 0 heterocycles. The Hall–Kier alpha value is 0.800. The first-order valence-electron chi connectivity index (χ1n) is 12.1. The van der Waals surface area contributed by atoms with Crippen LogP contribution in [0.1, 0.15) is 25.7 Å². The van der Waals surface area contributed by atoms with Crippen molar-refractivity contribution in [3.05, 3.63) is 0 Å². The molecule has 4 heteroatoms. The second kappa shape index (κ2) is 3.57. The maximum atomic E-state index is 5.34. The van der Waals surface area contributed by atoms with Gasteiger partial charge in [-0.05, 0) is 83.9 Å². The van der Waals surface area contributed by atoms with Crippen LogP contribution in [0.3, 0.4) is 0 Å². The van der Waals surface area contributed by atoms with E-state index in [2.05, 4.69) is 57.6 Å². The molecule has 13 saturated carbocycles. The van der Waals surface area contributed by atoms with Gasteiger partial charge in [-0.25, -0.2) is 0 Å². The molecule has 28 heavy (non-hydrogen) atoms. The molecule has 0 aromatic heterocycles. The molecule has 0 spiro atoms. The minimum absolute atomic E-state index is 0.516. The zero-order chi connectivity index (χ0) is 17.7. The molecule has 0 unspecified atom stereocenters. The van der Waals surface area contributed by atoms with Crippen LogP contribution < -0.4 is 0 Å². The van der Waals surface area contributed by atoms with E-state index >= 15 is 0 Å². The molecular formula is C24H24I2N2. The molecule has 0 aliphatic heterocycles. The quantitative estimate of drug-likeness (QED) is 0.264. The topological polar surface area (TPSA) is 24.7 Å². The number of hydrogen-bond acceptors (Lipinski definition) is 2. The van der Waals surface area contributed by atoms with E-state index in [-0.39, 0.29) is 0 Å². The monoisotopic (exact) mass is 594 g/mol. The maximum Gasteiger partial charge on any atom is 0.0719 e. The highest BCUT2D eigenvalue weighted by Gasteiger charge is 3.10. The number of rotatable bonds is 4. The van der Waals surface area contributed by atoms with Crippen LogP contribution in [0.25, 0.3) is 0 Å². The number of aliphatic imine (C=N–C) groups is 2. The van der Waals surface area contributed by atoms with Gasteiger partial charge in [0.25, 0.3) is 0 Å². The summed E-state index contributed by atoms with van der Waals surface area (Å²) in [7, 11) is 0. The predicted octanol–water partition coefficient (Wildman–Crippen LogP) is 4.29. The molecule has 13 aliphatic carbocycles. The van der Waals surface area contributed by atoms with Crippen LogP contribution in [0, 0.1) is 81.8 Å². The third kappa shape index (κ3) is 0.863. The van der Waals surface area contributed by atoms with E-state index < -0.39 is 0 Å². The van der Waals surface area contributed by atoms with E-state index in [9.17, 15) is 0 Å². The van der Waals surface area contributed by atoms with Crippen molar-refractivity contribution in [1.29, 1.82) is 0 Å². The van der Waals surface area contributed by atoms with Crippen LogP contribution in [0.2, 0.25) is 0 Å². The molecule has 0 N–H and O–H groups in total. The van der Waals surface area contributed by atoms with Gasteiger partial charge in [0.2, 0.25) is 0 Å². The first-order valence-corrected chi connectivity index (χ1v) is 14.3. The third-order valence-corrected chi connectivity index (χ3v) is 18.2. The minimum atomic E-state index is 0.516. The number of nitrogens with zero attached hydrogens (tertiary/aromatic N) is 2. The summed E-state index contributed by atoms with van der Waals surface area (Å²) < 4.78 is 1.62. The molecule has 13 fully saturated rings. The first-order chi connectivity index (χ1) is 13.6. The summed E-state index contributed by atoms with van der Waals surface area (Å²) in [6.07, 6.45) is 10.5. The van der Waals surface area contributed by atoms with E-state index in [0.29, 0.717) is 22.9 Å². The van der Waals surface area contributed by atoms with Crippen molar-refractivity contribution in [1.82, 2.24) is 0 Å². The standard InChI is InChI=1S/C24H24I2N2/c25-23-15-9-16(23)11-17(23)10(15)21(9,11)5-27-7-3-1-2-4-8(7)28-6-22-12-18-13(22)20-14(22)19(12)24(18,20)26/h5-20H,1-4H2/t7-,8-,9?,10?,11?,12?,13?,14?,15?,16?,17?,18?,19?,20?,21?,22?,23?,24?/m1/s1. The summed E-state index contributed by atoms with van der Waals surface area (Å²) >= 11 is 5.69. The highest BCUT2D eigenvalue weighted by Crippen LogP contribution is 3.09. The second-order valence-corrected chi connectivity index (χ2v) is 16.7. The van der Waals surface area contributed by atoms with E-state index in [1.165, 1.54) is 25.7 Å². The van der Waals surface area contributed by atoms with E-state index in [0.717, 1.165) is 77.9 Å². The molecule has 2 atom stereocenters. The number of halogens is 2. The van der Waals surface area contributed by atoms with Gasteiger partial charge in [0, 0.05) is 30.1 Å². The van der Waals surface area contributed by atoms with Gasteiger partial charge < -0.3 is 0 Å². The molecule has 0 aromatic carbocycles. The van der Waals surface area contributed by atoms with E-state index in [1.54, 1.807) is 0 Å². The molecule has 0 amide bonds. The summed E-state index contributed by atoms with van der Waals surface area (Å²) in [4.78, 5) is 10.7. The summed E-state index contributed by atoms with van der Waals surface area (Å²) in [5.41, 5.74) is 1.26. The Morgan fingerprint density at radius 1 is 0.536 bits per heavy atom. The van der Waals surface area contributed by atoms with Crippen molar-refractivity contribution in [3.63, 3.8) is 0 Å². The lowest BCUT2D eigenvalue weighted by Crippen LogP contribution is -3.11. The number of hydrogen-bond donors (Lipinski definition) is 0. The second-order valence-electron chi connectivity index (χ2n) is 12.9. The molecule has 13 rings (SSSR count). The molecule has 0 radical (unpaired) electrons. The van der Waals surface area contributed by atoms with E-state index in [4.69, 9.17) is 9.98 Å². The predicted molar refractivity (Wildman–Crippen MR) is 123 cm³/mol. The summed E-state index contributed by atoms with van der Waals surface area (Å²) in [6, 6.07) is 1.03. The van der Waals surface area contributed by atoms with Gasteiger partial charge >= 0.3 is 0 Å². The van der Waals surface area contributed by atoms with Crippen LogP contribution >= 0.6 is 45.2 Å². The van der Waals surface area contributed by atoms with Gasteiger partial charge in [-0.1, -0.05) is 58.0 Å². The number of alkyl halides is 2. The fourth-order valence-corrected chi connectivity index (χ4v) is 18.0. The lowest BCUT2D eigenvalue weighted by atomic mass is 8.96. The van der Waals surface area contributed by atoms with Crippen molar-refractivity contribution in [2.45, 2.75) is 44.6 Å². The molecule has 2 nitrogen and oxygen atoms in total. The van der Waals surface area contributed by atoms with Gasteiger partial charge in [0.1, 0.15) is 0 Å². The Kier molecular flexibility index (Phi) is 1.88. The molecular weight excluding hydrogens is 570 g/mol. The molecule has 13 aliphatic rings. The average molecular weight is 594 g/mol. The van der Waals surface area contributed by atoms with Gasteiger partial charge in [-0.2, -0.15) is 0 Å². The fraction of sp³-hybridized carbons (Fsp3) is 0.917. The Bertz CT molecular complexity index is 825. The SMILES string of the molecule is IC12C3C4C1C1C2C3C41C=N[C@@H]1CCCC[C@H]1N=CC12C3C4C1C1C2C3C41I. The van der Waals surface area contributed by atoms with Crippen LogP contribution in [0.5, 0.6) is 0 Å². The lowest BCUT2D eigenvalue weighted by Gasteiger charge is -3.10. The molecule has 0 aromatic rings. The van der Waals surface area contributed by atoms with Crippen LogP contribution in [-0.4, -0.2) is 31.4 Å². The Balaban J connectivity index is 0.877. The van der Waals surface area contributed by atoms with Gasteiger partial charge in [-0.15, -0.1) is 0 Å². The highest BCUT2D eigenvalue weighted by atomic mass is 127. The Morgan fingerprint density at radius 3 is 1.18 bits per heavy atom. The normalized spacial score (nSPS) is 87.4. The smallest absolute Gasteiger partial charge is 0.0719 e. The maximum absolute atomic E-state index is 5.34. The third-order valence-electron chi connectivity index (χ3n) is 13.8. The lowest BCUT2D eigenvalue weighted by molar-refractivity contribution is -0.564. The Morgan fingerprint density at radius 2 is 0.857 bits per heavy atom. The van der Waals surface area contributed by atoms with Crippen LogP contribution in [0.15, 0.2) is 9.98 Å². The van der Waals surface area contributed by atoms with Gasteiger partial charge in [0.05, 0.1) is 12.1 Å². The van der Waals surface area contributed by atoms with E-state index in [1.807, 2.05) is 0 Å². The van der Waals surface area contributed by atoms with Crippen molar-refractivity contribution >= 4 is 57.6 Å². The van der Waals surface area contributed by atoms with Crippen molar-refractivity contribution in [2.75, 3.05) is 0 Å². The molecule has 144 valence electrons. The van der Waals surface area contributed by atoms with Crippen molar-refractivity contribution in [2.24, 2.45) is 91.8 Å². The first kappa shape index (κ1) is 14.8. The molecule has 0 bridgehead atoms. The summed E-state index contributed by atoms with van der Waals surface area (Å²) in [5.74, 6) is 13.2. The summed E-state index contributed by atoms with van der Waals surface area (Å²) in [5, 5.41) is 0. The highest BCUT2D eigenvalue weighted by molar-refractivity contribution is 14.1. The van der Waals surface area contributed by atoms with Gasteiger partial charge in [0.15, 0.2) is 0 Å². The van der Waals surface area contributed by atoms with Crippen LogP contribution in [0.4, 0.5) is 0 Å². The zero-order valence-corrected chi connectivity index (χ0v) is 20.0. The van der Waals surface area contributed by atoms with Crippen molar-refractivity contribution in [3.8, 4) is 0 Å². The summed E-state index contributed by atoms with van der Waals surface area (Å²) in [6.45, 7) is 0. The molecule has 0 saturated heterocycles. The van der Waals surface area contributed by atoms with Crippen LogP contribution in [-0.2, 0) is 0 Å². The minimum Gasteiger partial charge on any atom is -0.291 e.